The highest BCUT2D eigenvalue weighted by Crippen LogP contribution is 2.38. The number of hydrogen-bond acceptors (Lipinski definition) is 16. The van der Waals surface area contributed by atoms with Crippen molar-refractivity contribution >= 4 is 46.4 Å². The molecule has 0 N–H and O–H groups in total. The maximum Gasteiger partial charge on any atom is 0.147 e. The lowest BCUT2D eigenvalue weighted by Gasteiger charge is -2.35. The topological polar surface area (TPSA) is 162 Å². The largest absolute Gasteiger partial charge is 0.490 e. The smallest absolute Gasteiger partial charge is 0.147 e. The van der Waals surface area contributed by atoms with Gasteiger partial charge in [-0.05, 0) is 0 Å². The number of fused-ring (bicyclic) bond motifs is 4. The molecule has 4 aromatic heterocycles. The third-order valence-electron chi connectivity index (χ3n) is 10.5. The van der Waals surface area contributed by atoms with Gasteiger partial charge in [0.15, 0.2) is 0 Å². The van der Waals surface area contributed by atoms with E-state index in [1.165, 1.54) is 0 Å². The van der Waals surface area contributed by atoms with Gasteiger partial charge in [-0.25, -0.2) is 0 Å². The van der Waals surface area contributed by atoms with Crippen molar-refractivity contribution in [3.8, 4) is 23.0 Å². The fourth-order valence-corrected chi connectivity index (χ4v) is 7.97. The van der Waals surface area contributed by atoms with Crippen LogP contribution in [-0.4, -0.2) is 73.5 Å². The van der Waals surface area contributed by atoms with Gasteiger partial charge in [0.2, 0.25) is 0 Å². The van der Waals surface area contributed by atoms with Gasteiger partial charge in [-0.1, -0.05) is 0 Å². The van der Waals surface area contributed by atoms with Crippen molar-refractivity contribution in [2.24, 2.45) is 5.41 Å². The Morgan fingerprint density at radius 1 is 0.377 bits per heavy atom. The standard InChI is InChI=1S/C41H44Cl4N4O12/c42-1-33-37(29-13-54-21-50-9-25(29)5-46-33)58-17-41(18-59-38-30-14-55-22-51-10-26(30)6-47-34(38)2-43,19-60-39-31-15-56-23-52-11-27(31)7-48-35(39)3-44)20-61-40-32-16-57-24-53-12-28(32)8-49-36(40)4-45/h5-8H,1-4,9-24H2. The summed E-state index contributed by atoms with van der Waals surface area (Å²) in [5.74, 6) is 2.07. The quantitative estimate of drug-likeness (QED) is 0.107. The van der Waals surface area contributed by atoms with E-state index in [2.05, 4.69) is 19.9 Å². The number of pyridine rings is 4. The number of hydrogen-bond donors (Lipinski definition) is 0. The number of rotatable bonds is 16. The zero-order valence-corrected chi connectivity index (χ0v) is 36.2. The summed E-state index contributed by atoms with van der Waals surface area (Å²) >= 11 is 26.1. The Morgan fingerprint density at radius 2 is 0.607 bits per heavy atom. The van der Waals surface area contributed by atoms with E-state index in [1.807, 2.05) is 0 Å². The number of alkyl halides is 4. The van der Waals surface area contributed by atoms with E-state index in [-0.39, 0.29) is 130 Å². The van der Waals surface area contributed by atoms with Gasteiger partial charge in [-0.2, -0.15) is 0 Å². The SMILES string of the molecule is ClCc1ncc2c(c1OCC(COc1c(CCl)ncc3c1COCOC3)(COc1c(CCl)ncc3c1COCOC3)COc1c(CCl)ncc3c1COCOC3)COCOC2. The van der Waals surface area contributed by atoms with Crippen molar-refractivity contribution in [3.63, 3.8) is 0 Å². The first-order chi connectivity index (χ1) is 30.0. The molecule has 0 spiro atoms. The van der Waals surface area contributed by atoms with Crippen LogP contribution < -0.4 is 18.9 Å². The molecule has 0 saturated carbocycles. The summed E-state index contributed by atoms with van der Waals surface area (Å²) in [5, 5.41) is 0. The van der Waals surface area contributed by atoms with E-state index in [9.17, 15) is 0 Å². The van der Waals surface area contributed by atoms with Gasteiger partial charge in [0, 0.05) is 69.3 Å². The molecule has 0 fully saturated rings. The Balaban J connectivity index is 1.24. The van der Waals surface area contributed by atoms with Crippen LogP contribution in [-0.2, 0) is 114 Å². The molecule has 8 heterocycles. The van der Waals surface area contributed by atoms with Gasteiger partial charge < -0.3 is 56.8 Å². The predicted octanol–water partition coefficient (Wildman–Crippen LogP) is 6.84. The summed E-state index contributed by atoms with van der Waals surface area (Å²) in [6.07, 6.45) is 6.91. The second-order valence-electron chi connectivity index (χ2n) is 14.6. The molecule has 20 heteroatoms. The molecule has 328 valence electrons. The second-order valence-corrected chi connectivity index (χ2v) is 15.7. The molecule has 0 aromatic carbocycles. The van der Waals surface area contributed by atoms with Crippen molar-refractivity contribution in [1.82, 2.24) is 19.9 Å². The van der Waals surface area contributed by atoms with Crippen molar-refractivity contribution < 1.29 is 56.8 Å². The van der Waals surface area contributed by atoms with E-state index < -0.39 is 5.41 Å². The average molecular weight is 927 g/mol. The summed E-state index contributed by atoms with van der Waals surface area (Å²) in [5.41, 5.74) is 7.14. The van der Waals surface area contributed by atoms with Crippen molar-refractivity contribution in [1.29, 1.82) is 0 Å². The van der Waals surface area contributed by atoms with Crippen molar-refractivity contribution in [3.05, 3.63) is 92.1 Å². The zero-order chi connectivity index (χ0) is 42.0. The monoisotopic (exact) mass is 924 g/mol. The van der Waals surface area contributed by atoms with Crippen LogP contribution in [0.3, 0.4) is 0 Å². The van der Waals surface area contributed by atoms with E-state index in [0.29, 0.717) is 45.8 Å². The molecular weight excluding hydrogens is 882 g/mol. The highest BCUT2D eigenvalue weighted by atomic mass is 35.5. The normalized spacial score (nSPS) is 16.7. The van der Waals surface area contributed by atoms with Crippen molar-refractivity contribution in [2.45, 2.75) is 76.4 Å². The lowest BCUT2D eigenvalue weighted by atomic mass is 9.91. The predicted molar refractivity (Wildman–Crippen MR) is 217 cm³/mol. The van der Waals surface area contributed by atoms with Crippen LogP contribution in [0.25, 0.3) is 0 Å². The minimum Gasteiger partial charge on any atom is -0.490 e. The van der Waals surface area contributed by atoms with Crippen LogP contribution in [0, 0.1) is 5.41 Å². The third kappa shape index (κ3) is 10.2. The highest BCUT2D eigenvalue weighted by Gasteiger charge is 2.39. The van der Waals surface area contributed by atoms with Crippen molar-refractivity contribution in [2.75, 3.05) is 53.6 Å². The van der Waals surface area contributed by atoms with Crippen LogP contribution in [0.5, 0.6) is 23.0 Å². The van der Waals surface area contributed by atoms with Crippen LogP contribution >= 0.6 is 46.4 Å². The highest BCUT2D eigenvalue weighted by molar-refractivity contribution is 6.17. The Labute approximate surface area is 372 Å². The number of nitrogens with zero attached hydrogens (tertiary/aromatic N) is 4. The van der Waals surface area contributed by atoms with Gasteiger partial charge in [-0.15, -0.1) is 46.4 Å². The second kappa shape index (κ2) is 21.3. The van der Waals surface area contributed by atoms with Gasteiger partial charge in [0.25, 0.3) is 0 Å². The average Bonchev–Trinajstić information content (AvgIpc) is 3.88. The Hall–Kier alpha value is -3.36. The number of aromatic nitrogens is 4. The molecule has 61 heavy (non-hydrogen) atoms. The molecule has 0 aliphatic carbocycles. The summed E-state index contributed by atoms with van der Waals surface area (Å²) in [6.45, 7) is 2.12. The van der Waals surface area contributed by atoms with Gasteiger partial charge >= 0.3 is 0 Å². The molecule has 4 aromatic rings. The molecule has 8 rings (SSSR count). The molecule has 0 amide bonds. The Bertz CT molecular complexity index is 1850. The van der Waals surface area contributed by atoms with Gasteiger partial charge in [0.1, 0.15) is 82.0 Å². The third-order valence-corrected chi connectivity index (χ3v) is 11.5. The number of halogens is 4. The lowest BCUT2D eigenvalue weighted by molar-refractivity contribution is -0.0595. The Kier molecular flexibility index (Phi) is 15.5. The summed E-state index contributed by atoms with van der Waals surface area (Å²) in [4.78, 5) is 18.6. The van der Waals surface area contributed by atoms with Gasteiger partial charge in [-0.3, -0.25) is 19.9 Å². The van der Waals surface area contributed by atoms with Crippen LogP contribution in [0.4, 0.5) is 0 Å². The summed E-state index contributed by atoms with van der Waals surface area (Å²) in [7, 11) is 0. The lowest BCUT2D eigenvalue weighted by Crippen LogP contribution is -2.46. The maximum atomic E-state index is 6.90. The van der Waals surface area contributed by atoms with E-state index in [4.69, 9.17) is 103 Å². The fraction of sp³-hybridized carbons (Fsp3) is 0.512. The molecule has 0 atom stereocenters. The van der Waals surface area contributed by atoms with Crippen LogP contribution in [0.15, 0.2) is 24.8 Å². The van der Waals surface area contributed by atoms with E-state index >= 15 is 0 Å². The summed E-state index contributed by atoms with van der Waals surface area (Å²) in [6, 6.07) is 0. The Morgan fingerprint density at radius 3 is 0.836 bits per heavy atom. The summed E-state index contributed by atoms with van der Waals surface area (Å²) < 4.78 is 73.5. The molecule has 16 nitrogen and oxygen atoms in total. The maximum absolute atomic E-state index is 6.90. The van der Waals surface area contributed by atoms with Gasteiger partial charge in [0.05, 0.1) is 99.2 Å². The molecule has 0 unspecified atom stereocenters. The first-order valence-corrected chi connectivity index (χ1v) is 21.5. The first-order valence-electron chi connectivity index (χ1n) is 19.4. The number of ether oxygens (including phenoxy) is 12. The molecule has 4 aliphatic rings. The van der Waals surface area contributed by atoms with Crippen LogP contribution in [0.1, 0.15) is 67.3 Å². The molecule has 0 saturated heterocycles. The molecule has 4 aliphatic heterocycles. The molecule has 0 radical (unpaired) electrons. The van der Waals surface area contributed by atoms with Crippen LogP contribution in [0.2, 0.25) is 0 Å². The minimum atomic E-state index is -1.19. The molecule has 0 bridgehead atoms. The van der Waals surface area contributed by atoms with E-state index in [0.717, 1.165) is 44.5 Å². The fourth-order valence-electron chi connectivity index (χ4n) is 7.21. The van der Waals surface area contributed by atoms with E-state index in [1.54, 1.807) is 24.8 Å². The minimum absolute atomic E-state index is 0.0644. The first kappa shape index (κ1) is 44.3. The zero-order valence-electron chi connectivity index (χ0n) is 33.2. The molecular formula is C41H44Cl4N4O12.